The van der Waals surface area contributed by atoms with Gasteiger partial charge in [-0.1, -0.05) is 58.3 Å². The minimum Gasteiger partial charge on any atom is -0.473 e. The zero-order chi connectivity index (χ0) is 19.5. The summed E-state index contributed by atoms with van der Waals surface area (Å²) in [6, 6.07) is 0. The molecule has 0 aliphatic carbocycles. The molecule has 0 heterocycles. The topological polar surface area (TPSA) is 141 Å². The van der Waals surface area contributed by atoms with Gasteiger partial charge in [0.1, 0.15) is 12.7 Å². The summed E-state index contributed by atoms with van der Waals surface area (Å²) in [7, 11) is 0. The summed E-state index contributed by atoms with van der Waals surface area (Å²) in [5.41, 5.74) is 0. The molecule has 0 saturated heterocycles. The molecule has 0 aliphatic heterocycles. The van der Waals surface area contributed by atoms with Gasteiger partial charge in [0.15, 0.2) is 0 Å². The summed E-state index contributed by atoms with van der Waals surface area (Å²) < 4.78 is 4.82. The molecule has 0 amide bonds. The lowest BCUT2D eigenvalue weighted by Crippen LogP contribution is -2.21. The number of carboxylic acids is 2. The Balaban J connectivity index is 0. The molecule has 8 heteroatoms. The number of ether oxygens (including phenoxy) is 1. The van der Waals surface area contributed by atoms with E-state index in [4.69, 9.17) is 34.8 Å². The van der Waals surface area contributed by atoms with Gasteiger partial charge in [0.25, 0.3) is 0 Å². The summed E-state index contributed by atoms with van der Waals surface area (Å²) in [5, 5.41) is 32.3. The molecule has 1 unspecified atom stereocenters. The first-order chi connectivity index (χ1) is 11.8. The van der Waals surface area contributed by atoms with Crippen molar-refractivity contribution in [1.29, 1.82) is 0 Å². The summed E-state index contributed by atoms with van der Waals surface area (Å²) in [6.07, 6.45) is 10.4. The Morgan fingerprint density at radius 2 is 1.28 bits per heavy atom. The molecule has 4 N–H and O–H groups in total. The number of hydrogen-bond acceptors (Lipinski definition) is 6. The lowest BCUT2D eigenvalue weighted by Gasteiger charge is -2.08. The number of carbonyl (C=O) groups is 3. The van der Waals surface area contributed by atoms with E-state index in [2.05, 4.69) is 6.92 Å². The lowest BCUT2D eigenvalue weighted by atomic mass is 10.1. The van der Waals surface area contributed by atoms with Crippen LogP contribution in [0.1, 0.15) is 71.1 Å². The molecular formula is C17H32O8. The highest BCUT2D eigenvalue weighted by molar-refractivity contribution is 6.27. The van der Waals surface area contributed by atoms with Crippen molar-refractivity contribution < 1.29 is 39.5 Å². The Bertz CT molecular complexity index is 345. The van der Waals surface area contributed by atoms with E-state index in [1.54, 1.807) is 0 Å². The highest BCUT2D eigenvalue weighted by Crippen LogP contribution is 2.10. The summed E-state index contributed by atoms with van der Waals surface area (Å²) in [6.45, 7) is 1.75. The largest absolute Gasteiger partial charge is 0.473 e. The number of carbonyl (C=O) groups excluding carboxylic acids is 1. The molecule has 0 bridgehead atoms. The fraction of sp³-hybridized carbons (Fsp3) is 0.824. The molecule has 148 valence electrons. The molecule has 25 heavy (non-hydrogen) atoms. The molecule has 0 aromatic heterocycles. The molecule has 0 saturated carbocycles. The molecule has 0 aromatic carbocycles. The number of carboxylic acid groups (broad SMARTS) is 2. The van der Waals surface area contributed by atoms with Gasteiger partial charge in [0.05, 0.1) is 6.61 Å². The van der Waals surface area contributed by atoms with Gasteiger partial charge in [-0.3, -0.25) is 4.79 Å². The van der Waals surface area contributed by atoms with Gasteiger partial charge >= 0.3 is 17.9 Å². The maximum atomic E-state index is 11.3. The first-order valence-electron chi connectivity index (χ1n) is 8.75. The van der Waals surface area contributed by atoms with Crippen LogP contribution in [0.4, 0.5) is 0 Å². The van der Waals surface area contributed by atoms with Gasteiger partial charge in [0, 0.05) is 6.42 Å². The second-order valence-corrected chi connectivity index (χ2v) is 5.71. The van der Waals surface area contributed by atoms with Crippen LogP contribution in [-0.4, -0.2) is 57.7 Å². The van der Waals surface area contributed by atoms with Crippen LogP contribution in [0.2, 0.25) is 0 Å². The van der Waals surface area contributed by atoms with Crippen molar-refractivity contribution in [1.82, 2.24) is 0 Å². The monoisotopic (exact) mass is 364 g/mol. The minimum atomic E-state index is -1.82. The average Bonchev–Trinajstić information content (AvgIpc) is 2.58. The van der Waals surface area contributed by atoms with Crippen LogP contribution in [0.15, 0.2) is 0 Å². The number of aliphatic carboxylic acids is 2. The van der Waals surface area contributed by atoms with Crippen LogP contribution in [0.25, 0.3) is 0 Å². The van der Waals surface area contributed by atoms with E-state index in [9.17, 15) is 4.79 Å². The third-order valence-corrected chi connectivity index (χ3v) is 3.31. The van der Waals surface area contributed by atoms with Gasteiger partial charge in [-0.25, -0.2) is 9.59 Å². The summed E-state index contributed by atoms with van der Waals surface area (Å²) >= 11 is 0. The normalized spacial score (nSPS) is 11.2. The van der Waals surface area contributed by atoms with Gasteiger partial charge in [0.2, 0.25) is 0 Å². The van der Waals surface area contributed by atoms with Crippen molar-refractivity contribution in [3.8, 4) is 0 Å². The zero-order valence-electron chi connectivity index (χ0n) is 15.0. The second kappa shape index (κ2) is 18.7. The number of aliphatic hydroxyl groups is 2. The van der Waals surface area contributed by atoms with E-state index in [1.807, 2.05) is 0 Å². The van der Waals surface area contributed by atoms with Gasteiger partial charge in [-0.2, -0.15) is 0 Å². The van der Waals surface area contributed by atoms with Gasteiger partial charge in [-0.15, -0.1) is 0 Å². The molecule has 0 aliphatic rings. The van der Waals surface area contributed by atoms with Crippen LogP contribution >= 0.6 is 0 Å². The predicted molar refractivity (Wildman–Crippen MR) is 91.2 cm³/mol. The van der Waals surface area contributed by atoms with Crippen molar-refractivity contribution in [2.24, 2.45) is 0 Å². The maximum Gasteiger partial charge on any atom is 0.414 e. The zero-order valence-corrected chi connectivity index (χ0v) is 15.0. The number of aliphatic hydroxyl groups excluding tert-OH is 2. The van der Waals surface area contributed by atoms with E-state index in [0.717, 1.165) is 12.8 Å². The molecule has 8 nitrogen and oxygen atoms in total. The molecular weight excluding hydrogens is 332 g/mol. The summed E-state index contributed by atoms with van der Waals surface area (Å²) in [5.74, 6) is -3.93. The van der Waals surface area contributed by atoms with Crippen LogP contribution in [-0.2, 0) is 19.1 Å². The van der Waals surface area contributed by atoms with E-state index in [0.29, 0.717) is 6.42 Å². The number of hydrogen-bond donors (Lipinski definition) is 4. The Morgan fingerprint density at radius 1 is 0.840 bits per heavy atom. The third-order valence-electron chi connectivity index (χ3n) is 3.31. The highest BCUT2D eigenvalue weighted by Gasteiger charge is 2.07. The summed E-state index contributed by atoms with van der Waals surface area (Å²) in [4.78, 5) is 29.5. The molecule has 0 radical (unpaired) electrons. The number of unbranched alkanes of at least 4 members (excludes halogenated alkanes) is 8. The van der Waals surface area contributed by atoms with Crippen molar-refractivity contribution in [2.45, 2.75) is 77.2 Å². The first-order valence-corrected chi connectivity index (χ1v) is 8.75. The maximum absolute atomic E-state index is 11.3. The Hall–Kier alpha value is -1.67. The Kier molecular flexibility index (Phi) is 19.1. The average molecular weight is 364 g/mol. The van der Waals surface area contributed by atoms with Crippen LogP contribution in [0.3, 0.4) is 0 Å². The fourth-order valence-electron chi connectivity index (χ4n) is 1.89. The van der Waals surface area contributed by atoms with Crippen molar-refractivity contribution >= 4 is 17.9 Å². The first kappa shape index (κ1) is 25.6. The molecule has 0 fully saturated rings. The van der Waals surface area contributed by atoms with Crippen LogP contribution in [0, 0.1) is 0 Å². The number of esters is 1. The van der Waals surface area contributed by atoms with Crippen molar-refractivity contribution in [3.05, 3.63) is 0 Å². The Labute approximate surface area is 148 Å². The smallest absolute Gasteiger partial charge is 0.414 e. The second-order valence-electron chi connectivity index (χ2n) is 5.71. The van der Waals surface area contributed by atoms with Crippen LogP contribution < -0.4 is 0 Å². The van der Waals surface area contributed by atoms with E-state index in [1.165, 1.54) is 44.9 Å². The highest BCUT2D eigenvalue weighted by atomic mass is 16.5. The SMILES string of the molecule is CCCCCCCCCCCC(=O)OCC(O)CO.O=C(O)C(=O)O. The molecule has 1 atom stereocenters. The molecule has 0 rings (SSSR count). The minimum absolute atomic E-state index is 0.104. The van der Waals surface area contributed by atoms with E-state index >= 15 is 0 Å². The van der Waals surface area contributed by atoms with Gasteiger partial charge < -0.3 is 25.2 Å². The fourth-order valence-corrected chi connectivity index (χ4v) is 1.89. The van der Waals surface area contributed by atoms with Crippen LogP contribution in [0.5, 0.6) is 0 Å². The predicted octanol–water partition coefficient (Wildman–Crippen LogP) is 1.96. The van der Waals surface area contributed by atoms with Crippen molar-refractivity contribution in [2.75, 3.05) is 13.2 Å². The Morgan fingerprint density at radius 3 is 1.68 bits per heavy atom. The van der Waals surface area contributed by atoms with E-state index < -0.39 is 18.0 Å². The third kappa shape index (κ3) is 22.3. The van der Waals surface area contributed by atoms with Crippen molar-refractivity contribution in [3.63, 3.8) is 0 Å². The standard InChI is InChI=1S/C15H30O4.C2H2O4/c1-2-3-4-5-6-7-8-9-10-11-15(18)19-13-14(17)12-16;3-1(4)2(5)6/h14,16-17H,2-13H2,1H3;(H,3,4)(H,5,6). The lowest BCUT2D eigenvalue weighted by molar-refractivity contribution is -0.159. The molecule has 0 spiro atoms. The van der Waals surface area contributed by atoms with E-state index in [-0.39, 0.29) is 19.2 Å². The van der Waals surface area contributed by atoms with Gasteiger partial charge in [-0.05, 0) is 6.42 Å². The quantitative estimate of drug-likeness (QED) is 0.221. The number of rotatable bonds is 13. The molecule has 0 aromatic rings.